The van der Waals surface area contributed by atoms with Gasteiger partial charge in [0.1, 0.15) is 0 Å². The maximum absolute atomic E-state index is 12.5. The van der Waals surface area contributed by atoms with Gasteiger partial charge in [-0.15, -0.1) is 5.10 Å². The van der Waals surface area contributed by atoms with Crippen LogP contribution in [0.5, 0.6) is 0 Å². The second kappa shape index (κ2) is 7.61. The largest absolute Gasteiger partial charge is 0.293 e. The standard InChI is InChI=1S/C17H13ClN2OS3/c1-11(15(21)12-5-3-2-4-6-12)23-16-19-20(17(22)24-16)14-9-7-13(18)8-10-14/h2-11H,1H3. The summed E-state index contributed by atoms with van der Waals surface area (Å²) in [6.07, 6.45) is 0. The summed E-state index contributed by atoms with van der Waals surface area (Å²) in [6.45, 7) is 1.89. The topological polar surface area (TPSA) is 34.9 Å². The van der Waals surface area contributed by atoms with E-state index in [2.05, 4.69) is 5.10 Å². The van der Waals surface area contributed by atoms with Crippen LogP contribution in [0.3, 0.4) is 0 Å². The van der Waals surface area contributed by atoms with Crippen molar-refractivity contribution in [3.05, 3.63) is 69.1 Å². The number of rotatable bonds is 5. The van der Waals surface area contributed by atoms with Crippen molar-refractivity contribution in [3.8, 4) is 5.69 Å². The Kier molecular flexibility index (Phi) is 5.50. The summed E-state index contributed by atoms with van der Waals surface area (Å²) >= 11 is 14.1. The number of carbonyl (C=O) groups excluding carboxylic acids is 1. The smallest absolute Gasteiger partial charge is 0.184 e. The summed E-state index contributed by atoms with van der Waals surface area (Å²) in [7, 11) is 0. The lowest BCUT2D eigenvalue weighted by atomic mass is 10.1. The fourth-order valence-electron chi connectivity index (χ4n) is 2.10. The summed E-state index contributed by atoms with van der Waals surface area (Å²) in [5.41, 5.74) is 1.56. The van der Waals surface area contributed by atoms with Gasteiger partial charge in [0, 0.05) is 10.6 Å². The number of halogens is 1. The third-order valence-corrected chi connectivity index (χ3v) is 5.97. The van der Waals surface area contributed by atoms with Gasteiger partial charge in [0.25, 0.3) is 0 Å². The number of hydrogen-bond acceptors (Lipinski definition) is 5. The molecule has 24 heavy (non-hydrogen) atoms. The molecule has 0 amide bonds. The van der Waals surface area contributed by atoms with Gasteiger partial charge in [-0.2, -0.15) is 0 Å². The molecule has 3 aromatic rings. The number of nitrogens with zero attached hydrogens (tertiary/aromatic N) is 2. The van der Waals surface area contributed by atoms with Gasteiger partial charge in [-0.3, -0.25) is 4.79 Å². The van der Waals surface area contributed by atoms with Crippen LogP contribution >= 0.6 is 46.9 Å². The first kappa shape index (κ1) is 17.4. The number of carbonyl (C=O) groups is 1. The van der Waals surface area contributed by atoms with E-state index in [4.69, 9.17) is 23.8 Å². The van der Waals surface area contributed by atoms with Crippen molar-refractivity contribution in [2.24, 2.45) is 0 Å². The molecule has 0 N–H and O–H groups in total. The van der Waals surface area contributed by atoms with E-state index in [1.165, 1.54) is 23.1 Å². The van der Waals surface area contributed by atoms with E-state index in [0.29, 0.717) is 14.5 Å². The minimum Gasteiger partial charge on any atom is -0.293 e. The molecule has 2 aromatic carbocycles. The molecule has 0 aliphatic carbocycles. The van der Waals surface area contributed by atoms with Crippen LogP contribution in [-0.2, 0) is 0 Å². The molecule has 1 aromatic heterocycles. The molecule has 1 atom stereocenters. The van der Waals surface area contributed by atoms with Gasteiger partial charge in [0.2, 0.25) is 0 Å². The fourth-order valence-corrected chi connectivity index (χ4v) is 4.80. The number of benzene rings is 2. The normalized spacial score (nSPS) is 12.1. The third kappa shape index (κ3) is 3.95. The Hall–Kier alpha value is -1.47. The molecule has 0 saturated carbocycles. The monoisotopic (exact) mass is 392 g/mol. The maximum atomic E-state index is 12.5. The Morgan fingerprint density at radius 2 is 1.88 bits per heavy atom. The van der Waals surface area contributed by atoms with Crippen molar-refractivity contribution < 1.29 is 4.79 Å². The molecule has 0 radical (unpaired) electrons. The summed E-state index contributed by atoms with van der Waals surface area (Å²) in [5.74, 6) is 0.0831. The average Bonchev–Trinajstić information content (AvgIpc) is 2.96. The molecular weight excluding hydrogens is 380 g/mol. The highest BCUT2D eigenvalue weighted by atomic mass is 35.5. The Balaban J connectivity index is 1.79. The van der Waals surface area contributed by atoms with Crippen LogP contribution in [0.25, 0.3) is 5.69 Å². The van der Waals surface area contributed by atoms with Gasteiger partial charge in [-0.1, -0.05) is 65.0 Å². The zero-order valence-corrected chi connectivity index (χ0v) is 15.9. The van der Waals surface area contributed by atoms with Crippen LogP contribution in [-0.4, -0.2) is 20.8 Å². The van der Waals surface area contributed by atoms with Crippen LogP contribution in [0.2, 0.25) is 5.02 Å². The van der Waals surface area contributed by atoms with Gasteiger partial charge in [-0.05, 0) is 43.4 Å². The van der Waals surface area contributed by atoms with Gasteiger partial charge < -0.3 is 0 Å². The van der Waals surface area contributed by atoms with Crippen LogP contribution < -0.4 is 0 Å². The van der Waals surface area contributed by atoms with E-state index in [0.717, 1.165) is 10.0 Å². The minimum absolute atomic E-state index is 0.0831. The summed E-state index contributed by atoms with van der Waals surface area (Å²) < 4.78 is 3.10. The lowest BCUT2D eigenvalue weighted by Gasteiger charge is -2.07. The molecule has 0 bridgehead atoms. The van der Waals surface area contributed by atoms with Crippen molar-refractivity contribution in [2.45, 2.75) is 16.5 Å². The number of Topliss-reactive ketones (excluding diaryl/α,β-unsaturated/α-hetero) is 1. The van der Waals surface area contributed by atoms with E-state index in [1.807, 2.05) is 49.4 Å². The first-order valence-electron chi connectivity index (χ1n) is 7.16. The molecule has 0 aliphatic rings. The number of aromatic nitrogens is 2. The van der Waals surface area contributed by atoms with Crippen molar-refractivity contribution in [2.75, 3.05) is 0 Å². The highest BCUT2D eigenvalue weighted by Crippen LogP contribution is 2.29. The fraction of sp³-hybridized carbons (Fsp3) is 0.118. The zero-order chi connectivity index (χ0) is 17.1. The van der Waals surface area contributed by atoms with Crippen LogP contribution in [0.15, 0.2) is 58.9 Å². The highest BCUT2D eigenvalue weighted by Gasteiger charge is 2.18. The molecule has 0 spiro atoms. The van der Waals surface area contributed by atoms with Gasteiger partial charge in [0.15, 0.2) is 14.1 Å². The lowest BCUT2D eigenvalue weighted by molar-refractivity contribution is 0.0994. The number of thioether (sulfide) groups is 1. The lowest BCUT2D eigenvalue weighted by Crippen LogP contribution is -2.13. The minimum atomic E-state index is -0.230. The third-order valence-electron chi connectivity index (χ3n) is 3.31. The molecular formula is C17H13ClN2OS3. The quantitative estimate of drug-likeness (QED) is 0.318. The zero-order valence-electron chi connectivity index (χ0n) is 12.7. The molecule has 1 heterocycles. The predicted octanol–water partition coefficient (Wildman–Crippen LogP) is 5.68. The van der Waals surface area contributed by atoms with Gasteiger partial charge in [-0.25, -0.2) is 4.68 Å². The molecule has 3 nitrogen and oxygen atoms in total. The van der Waals surface area contributed by atoms with Crippen LogP contribution in [0.4, 0.5) is 0 Å². The van der Waals surface area contributed by atoms with Crippen molar-refractivity contribution in [1.29, 1.82) is 0 Å². The molecule has 122 valence electrons. The summed E-state index contributed by atoms with van der Waals surface area (Å²) in [5, 5.41) is 4.96. The van der Waals surface area contributed by atoms with Crippen LogP contribution in [0.1, 0.15) is 17.3 Å². The summed E-state index contributed by atoms with van der Waals surface area (Å²) in [6, 6.07) is 16.6. The van der Waals surface area contributed by atoms with Gasteiger partial charge in [0.05, 0.1) is 10.9 Å². The van der Waals surface area contributed by atoms with Crippen LogP contribution in [0, 0.1) is 3.95 Å². The van der Waals surface area contributed by atoms with E-state index in [-0.39, 0.29) is 11.0 Å². The molecule has 0 saturated heterocycles. The van der Waals surface area contributed by atoms with Crippen molar-refractivity contribution in [3.63, 3.8) is 0 Å². The van der Waals surface area contributed by atoms with E-state index in [9.17, 15) is 4.79 Å². The average molecular weight is 393 g/mol. The Bertz CT molecular complexity index is 904. The van der Waals surface area contributed by atoms with Crippen molar-refractivity contribution in [1.82, 2.24) is 9.78 Å². The van der Waals surface area contributed by atoms with Crippen molar-refractivity contribution >= 4 is 52.7 Å². The Morgan fingerprint density at radius 3 is 2.54 bits per heavy atom. The second-order valence-electron chi connectivity index (χ2n) is 5.01. The molecule has 0 fully saturated rings. The Morgan fingerprint density at radius 1 is 1.21 bits per heavy atom. The number of ketones is 1. The van der Waals surface area contributed by atoms with E-state index >= 15 is 0 Å². The number of hydrogen-bond donors (Lipinski definition) is 0. The SMILES string of the molecule is CC(Sc1nn(-c2ccc(Cl)cc2)c(=S)s1)C(=O)c1ccccc1. The predicted molar refractivity (Wildman–Crippen MR) is 103 cm³/mol. The molecule has 1 unspecified atom stereocenters. The highest BCUT2D eigenvalue weighted by molar-refractivity contribution is 8.02. The summed E-state index contributed by atoms with van der Waals surface area (Å²) in [4.78, 5) is 12.5. The second-order valence-corrected chi connectivity index (χ2v) is 8.66. The van der Waals surface area contributed by atoms with Gasteiger partial charge >= 0.3 is 0 Å². The Labute approximate surface area is 158 Å². The molecule has 3 rings (SSSR count). The molecule has 7 heteroatoms. The first-order chi connectivity index (χ1) is 11.5. The first-order valence-corrected chi connectivity index (χ1v) is 9.65. The maximum Gasteiger partial charge on any atom is 0.184 e. The molecule has 0 aliphatic heterocycles. The van der Waals surface area contributed by atoms with E-state index in [1.54, 1.807) is 16.8 Å². The van der Waals surface area contributed by atoms with E-state index < -0.39 is 0 Å².